The number of halogens is 3. The first-order valence-corrected chi connectivity index (χ1v) is 6.85. The average molecular weight is 296 g/mol. The van der Waals surface area contributed by atoms with Gasteiger partial charge in [0.15, 0.2) is 0 Å². The van der Waals surface area contributed by atoms with E-state index in [0.717, 1.165) is 17.7 Å². The number of nitrogens with two attached hydrogens (primary N) is 1. The average Bonchev–Trinajstić information content (AvgIpc) is 2.44. The van der Waals surface area contributed by atoms with Crippen molar-refractivity contribution >= 4 is 11.6 Å². The Hall–Kier alpha value is -1.45. The van der Waals surface area contributed by atoms with E-state index in [-0.39, 0.29) is 5.92 Å². The lowest BCUT2D eigenvalue weighted by Gasteiger charge is -2.16. The molecule has 0 heterocycles. The molecule has 2 N–H and O–H groups in total. The summed E-state index contributed by atoms with van der Waals surface area (Å²) < 4.78 is 26.8. The van der Waals surface area contributed by atoms with Crippen molar-refractivity contribution in [3.8, 4) is 0 Å². The quantitative estimate of drug-likeness (QED) is 0.887. The van der Waals surface area contributed by atoms with Gasteiger partial charge in [-0.3, -0.25) is 0 Å². The summed E-state index contributed by atoms with van der Waals surface area (Å²) in [5.74, 6) is -0.815. The Morgan fingerprint density at radius 2 is 1.70 bits per heavy atom. The van der Waals surface area contributed by atoms with Crippen molar-refractivity contribution in [3.05, 3.63) is 70.2 Å². The monoisotopic (exact) mass is 295 g/mol. The number of hydrogen-bond donors (Lipinski definition) is 1. The second kappa shape index (κ2) is 6.82. The van der Waals surface area contributed by atoms with Crippen molar-refractivity contribution in [1.29, 1.82) is 0 Å². The van der Waals surface area contributed by atoms with Gasteiger partial charge in [0.05, 0.1) is 0 Å². The molecule has 0 fully saturated rings. The standard InChI is InChI=1S/C16H16ClF2N/c17-15-4-2-1-3-12(15)7-11(10-20)8-13-9-14(18)5-6-16(13)19/h1-6,9,11H,7-8,10,20H2. The molecule has 0 saturated heterocycles. The number of benzene rings is 2. The van der Waals surface area contributed by atoms with E-state index in [2.05, 4.69) is 0 Å². The molecule has 106 valence electrons. The van der Waals surface area contributed by atoms with Crippen LogP contribution in [-0.4, -0.2) is 6.54 Å². The van der Waals surface area contributed by atoms with Crippen LogP contribution in [0.5, 0.6) is 0 Å². The van der Waals surface area contributed by atoms with Crippen molar-refractivity contribution in [3.63, 3.8) is 0 Å². The highest BCUT2D eigenvalue weighted by Gasteiger charge is 2.14. The first kappa shape index (κ1) is 14.9. The van der Waals surface area contributed by atoms with Crippen LogP contribution < -0.4 is 5.73 Å². The van der Waals surface area contributed by atoms with Crippen LogP contribution in [0.2, 0.25) is 5.02 Å². The molecule has 0 aliphatic heterocycles. The van der Waals surface area contributed by atoms with Crippen LogP contribution in [0.3, 0.4) is 0 Å². The predicted molar refractivity (Wildman–Crippen MR) is 77.8 cm³/mol. The van der Waals surface area contributed by atoms with E-state index in [1.54, 1.807) is 0 Å². The Morgan fingerprint density at radius 3 is 2.40 bits per heavy atom. The highest BCUT2D eigenvalue weighted by molar-refractivity contribution is 6.31. The van der Waals surface area contributed by atoms with Crippen LogP contribution in [0.1, 0.15) is 11.1 Å². The van der Waals surface area contributed by atoms with E-state index < -0.39 is 11.6 Å². The summed E-state index contributed by atoms with van der Waals surface area (Å²) in [6.45, 7) is 0.390. The van der Waals surface area contributed by atoms with Crippen LogP contribution in [0, 0.1) is 17.6 Å². The molecule has 0 amide bonds. The Kier molecular flexibility index (Phi) is 5.10. The van der Waals surface area contributed by atoms with Crippen molar-refractivity contribution in [2.75, 3.05) is 6.54 Å². The second-order valence-electron chi connectivity index (χ2n) is 4.84. The summed E-state index contributed by atoms with van der Waals surface area (Å²) in [6.07, 6.45) is 1.04. The fourth-order valence-corrected chi connectivity index (χ4v) is 2.44. The molecular formula is C16H16ClF2N. The van der Waals surface area contributed by atoms with E-state index in [0.29, 0.717) is 30.0 Å². The zero-order chi connectivity index (χ0) is 14.5. The minimum atomic E-state index is -0.435. The lowest BCUT2D eigenvalue weighted by Crippen LogP contribution is -2.20. The first-order valence-electron chi connectivity index (χ1n) is 6.47. The highest BCUT2D eigenvalue weighted by Crippen LogP contribution is 2.22. The van der Waals surface area contributed by atoms with Gasteiger partial charge in [-0.1, -0.05) is 29.8 Å². The van der Waals surface area contributed by atoms with Crippen LogP contribution in [-0.2, 0) is 12.8 Å². The van der Waals surface area contributed by atoms with E-state index in [9.17, 15) is 8.78 Å². The van der Waals surface area contributed by atoms with E-state index in [4.69, 9.17) is 17.3 Å². The molecule has 0 bridgehead atoms. The zero-order valence-corrected chi connectivity index (χ0v) is 11.7. The fourth-order valence-electron chi connectivity index (χ4n) is 2.22. The lowest BCUT2D eigenvalue weighted by atomic mass is 9.92. The van der Waals surface area contributed by atoms with Crippen LogP contribution in [0.25, 0.3) is 0 Å². The van der Waals surface area contributed by atoms with Crippen molar-refractivity contribution in [1.82, 2.24) is 0 Å². The van der Waals surface area contributed by atoms with Crippen molar-refractivity contribution in [2.45, 2.75) is 12.8 Å². The van der Waals surface area contributed by atoms with Gasteiger partial charge in [0.25, 0.3) is 0 Å². The Balaban J connectivity index is 2.13. The SMILES string of the molecule is NCC(Cc1cc(F)ccc1F)Cc1ccccc1Cl. The van der Waals surface area contributed by atoms with E-state index in [1.807, 2.05) is 24.3 Å². The maximum atomic E-state index is 13.7. The molecule has 1 unspecified atom stereocenters. The molecule has 0 aliphatic rings. The summed E-state index contributed by atoms with van der Waals surface area (Å²) >= 11 is 6.11. The zero-order valence-electron chi connectivity index (χ0n) is 11.0. The minimum absolute atomic E-state index is 0.0196. The molecule has 0 spiro atoms. The molecule has 0 saturated carbocycles. The number of hydrogen-bond acceptors (Lipinski definition) is 1. The van der Waals surface area contributed by atoms with Gasteiger partial charge < -0.3 is 5.73 Å². The molecule has 2 rings (SSSR count). The van der Waals surface area contributed by atoms with Crippen LogP contribution in [0.15, 0.2) is 42.5 Å². The van der Waals surface area contributed by atoms with Gasteiger partial charge in [0, 0.05) is 5.02 Å². The Labute approximate surface area is 122 Å². The van der Waals surface area contributed by atoms with Crippen LogP contribution >= 0.6 is 11.6 Å². The van der Waals surface area contributed by atoms with Crippen molar-refractivity contribution < 1.29 is 8.78 Å². The third kappa shape index (κ3) is 3.78. The predicted octanol–water partition coefficient (Wildman–Crippen LogP) is 3.98. The van der Waals surface area contributed by atoms with Gasteiger partial charge in [0.2, 0.25) is 0 Å². The molecule has 0 aromatic heterocycles. The lowest BCUT2D eigenvalue weighted by molar-refractivity contribution is 0.507. The third-order valence-corrected chi connectivity index (χ3v) is 3.68. The summed E-state index contributed by atoms with van der Waals surface area (Å²) in [6, 6.07) is 11.0. The molecule has 1 atom stereocenters. The first-order chi connectivity index (χ1) is 9.60. The van der Waals surface area contributed by atoms with Gasteiger partial charge in [-0.05, 0) is 60.7 Å². The van der Waals surface area contributed by atoms with Gasteiger partial charge >= 0.3 is 0 Å². The summed E-state index contributed by atoms with van der Waals surface area (Å²) in [7, 11) is 0. The van der Waals surface area contributed by atoms with Gasteiger partial charge in [-0.25, -0.2) is 8.78 Å². The van der Waals surface area contributed by atoms with Gasteiger partial charge in [-0.2, -0.15) is 0 Å². The molecule has 20 heavy (non-hydrogen) atoms. The van der Waals surface area contributed by atoms with E-state index >= 15 is 0 Å². The van der Waals surface area contributed by atoms with Gasteiger partial charge in [-0.15, -0.1) is 0 Å². The fraction of sp³-hybridized carbons (Fsp3) is 0.250. The molecule has 2 aromatic rings. The molecule has 0 radical (unpaired) electrons. The maximum Gasteiger partial charge on any atom is 0.126 e. The Morgan fingerprint density at radius 1 is 1.00 bits per heavy atom. The smallest absolute Gasteiger partial charge is 0.126 e. The highest BCUT2D eigenvalue weighted by atomic mass is 35.5. The molecule has 4 heteroatoms. The second-order valence-corrected chi connectivity index (χ2v) is 5.24. The normalized spacial score (nSPS) is 12.4. The van der Waals surface area contributed by atoms with Crippen LogP contribution in [0.4, 0.5) is 8.78 Å². The summed E-state index contributed by atoms with van der Waals surface area (Å²) in [5, 5.41) is 0.672. The molecular weight excluding hydrogens is 280 g/mol. The van der Waals surface area contributed by atoms with Gasteiger partial charge in [0.1, 0.15) is 11.6 Å². The van der Waals surface area contributed by atoms with E-state index in [1.165, 1.54) is 6.07 Å². The van der Waals surface area contributed by atoms with Crippen molar-refractivity contribution in [2.24, 2.45) is 11.7 Å². The molecule has 1 nitrogen and oxygen atoms in total. The summed E-state index contributed by atoms with van der Waals surface area (Å²) in [5.41, 5.74) is 7.08. The molecule has 0 aliphatic carbocycles. The minimum Gasteiger partial charge on any atom is -0.330 e. The largest absolute Gasteiger partial charge is 0.330 e. The molecule has 2 aromatic carbocycles. The third-order valence-electron chi connectivity index (χ3n) is 3.32. The Bertz CT molecular complexity index is 586. The maximum absolute atomic E-state index is 13.7. The summed E-state index contributed by atoms with van der Waals surface area (Å²) in [4.78, 5) is 0. The topological polar surface area (TPSA) is 26.0 Å². The number of rotatable bonds is 5.